The molecule has 0 heterocycles. The number of aliphatic hydroxyl groups is 1. The number of likely N-dealkylation sites (N-methyl/N-ethyl adjacent to an activating group) is 1. The molecule has 3 nitrogen and oxygen atoms in total. The molecule has 2 N–H and O–H groups in total. The fourth-order valence-electron chi connectivity index (χ4n) is 1.95. The lowest BCUT2D eigenvalue weighted by Gasteiger charge is -2.19. The lowest BCUT2D eigenvalue weighted by atomic mass is 9.99. The molecular weight excluding hydrogens is 226 g/mol. The summed E-state index contributed by atoms with van der Waals surface area (Å²) >= 11 is 6.15. The number of hydrogen-bond acceptors (Lipinski definition) is 3. The molecule has 1 aromatic carbocycles. The summed E-state index contributed by atoms with van der Waals surface area (Å²) in [6.07, 6.45) is -0.619. The first-order valence-electron chi connectivity index (χ1n) is 5.19. The highest BCUT2D eigenvalue weighted by Gasteiger charge is 2.18. The molecular formula is C12H18ClNO2. The van der Waals surface area contributed by atoms with Crippen molar-refractivity contribution >= 4 is 11.6 Å². The van der Waals surface area contributed by atoms with Gasteiger partial charge < -0.3 is 15.2 Å². The van der Waals surface area contributed by atoms with Crippen molar-refractivity contribution in [1.29, 1.82) is 0 Å². The fourth-order valence-corrected chi connectivity index (χ4v) is 2.38. The molecule has 0 aliphatic carbocycles. The van der Waals surface area contributed by atoms with E-state index in [0.29, 0.717) is 11.6 Å². The number of halogens is 1. The molecule has 0 spiro atoms. The Morgan fingerprint density at radius 1 is 1.50 bits per heavy atom. The molecule has 4 heteroatoms. The fraction of sp³-hybridized carbons (Fsp3) is 0.500. The Balaban J connectivity index is 3.27. The molecule has 0 saturated heterocycles. The number of ether oxygens (including phenoxy) is 1. The van der Waals surface area contributed by atoms with Gasteiger partial charge in [0.1, 0.15) is 5.75 Å². The Kier molecular flexibility index (Phi) is 4.59. The second kappa shape index (κ2) is 5.53. The van der Waals surface area contributed by atoms with Gasteiger partial charge in [0.2, 0.25) is 0 Å². The predicted octanol–water partition coefficient (Wildman–Crippen LogP) is 2.22. The van der Waals surface area contributed by atoms with E-state index in [4.69, 9.17) is 16.3 Å². The summed E-state index contributed by atoms with van der Waals surface area (Å²) < 4.78 is 5.31. The maximum absolute atomic E-state index is 9.99. The molecule has 1 atom stereocenters. The van der Waals surface area contributed by atoms with Crippen molar-refractivity contribution in [3.8, 4) is 5.75 Å². The highest BCUT2D eigenvalue weighted by Crippen LogP contribution is 2.35. The van der Waals surface area contributed by atoms with Crippen molar-refractivity contribution in [3.63, 3.8) is 0 Å². The van der Waals surface area contributed by atoms with Gasteiger partial charge in [-0.15, -0.1) is 0 Å². The van der Waals surface area contributed by atoms with E-state index in [2.05, 4.69) is 5.32 Å². The van der Waals surface area contributed by atoms with Crippen LogP contribution in [0.1, 0.15) is 22.8 Å². The summed E-state index contributed by atoms with van der Waals surface area (Å²) in [5.41, 5.74) is 2.61. The van der Waals surface area contributed by atoms with E-state index in [1.807, 2.05) is 19.9 Å². The van der Waals surface area contributed by atoms with Crippen LogP contribution in [0.5, 0.6) is 5.75 Å². The summed E-state index contributed by atoms with van der Waals surface area (Å²) in [5, 5.41) is 13.5. The second-order valence-corrected chi connectivity index (χ2v) is 4.23. The Bertz CT molecular complexity index is 380. The lowest BCUT2D eigenvalue weighted by molar-refractivity contribution is 0.176. The Morgan fingerprint density at radius 2 is 2.12 bits per heavy atom. The van der Waals surface area contributed by atoms with Gasteiger partial charge in [0, 0.05) is 17.1 Å². The van der Waals surface area contributed by atoms with Gasteiger partial charge in [-0.3, -0.25) is 0 Å². The van der Waals surface area contributed by atoms with Gasteiger partial charge in [0.25, 0.3) is 0 Å². The zero-order valence-corrected chi connectivity index (χ0v) is 10.9. The third-order valence-corrected chi connectivity index (χ3v) is 2.95. The minimum atomic E-state index is -0.619. The molecule has 1 unspecified atom stereocenters. The highest BCUT2D eigenvalue weighted by atomic mass is 35.5. The molecule has 0 saturated carbocycles. The summed E-state index contributed by atoms with van der Waals surface area (Å²) in [5.74, 6) is 0.787. The van der Waals surface area contributed by atoms with Crippen molar-refractivity contribution < 1.29 is 9.84 Å². The SMILES string of the molecule is CNCC(O)c1c(Cl)cc(C)c(OC)c1C. The third-order valence-electron chi connectivity index (χ3n) is 2.64. The van der Waals surface area contributed by atoms with E-state index in [1.165, 1.54) is 0 Å². The minimum absolute atomic E-state index is 0.465. The average Bonchev–Trinajstić information content (AvgIpc) is 2.17. The van der Waals surface area contributed by atoms with Crippen LogP contribution in [0.15, 0.2) is 6.07 Å². The molecule has 0 fully saturated rings. The van der Waals surface area contributed by atoms with Crippen LogP contribution in [0.3, 0.4) is 0 Å². The van der Waals surface area contributed by atoms with Crippen LogP contribution < -0.4 is 10.1 Å². The van der Waals surface area contributed by atoms with Crippen LogP contribution >= 0.6 is 11.6 Å². The molecule has 0 bridgehead atoms. The molecule has 0 aliphatic heterocycles. The Morgan fingerprint density at radius 3 is 2.62 bits per heavy atom. The minimum Gasteiger partial charge on any atom is -0.496 e. The number of rotatable bonds is 4. The van der Waals surface area contributed by atoms with Crippen molar-refractivity contribution in [1.82, 2.24) is 5.32 Å². The van der Waals surface area contributed by atoms with Crippen LogP contribution in [-0.4, -0.2) is 25.8 Å². The van der Waals surface area contributed by atoms with Crippen LogP contribution in [-0.2, 0) is 0 Å². The van der Waals surface area contributed by atoms with Gasteiger partial charge in [0.15, 0.2) is 0 Å². The van der Waals surface area contributed by atoms with Gasteiger partial charge in [-0.25, -0.2) is 0 Å². The summed E-state index contributed by atoms with van der Waals surface area (Å²) in [4.78, 5) is 0. The standard InChI is InChI=1S/C12H18ClNO2/c1-7-5-9(13)11(10(15)6-14-3)8(2)12(7)16-4/h5,10,14-15H,6H2,1-4H3. The van der Waals surface area contributed by atoms with Crippen LogP contribution in [0.2, 0.25) is 5.02 Å². The normalized spacial score (nSPS) is 12.6. The molecule has 90 valence electrons. The van der Waals surface area contributed by atoms with Gasteiger partial charge in [0.05, 0.1) is 13.2 Å². The number of benzene rings is 1. The smallest absolute Gasteiger partial charge is 0.125 e. The quantitative estimate of drug-likeness (QED) is 0.852. The number of aliphatic hydroxyl groups excluding tert-OH is 1. The summed E-state index contributed by atoms with van der Waals surface area (Å²) in [6, 6.07) is 1.82. The van der Waals surface area contributed by atoms with Crippen molar-refractivity contribution in [3.05, 3.63) is 27.8 Å². The van der Waals surface area contributed by atoms with E-state index in [9.17, 15) is 5.11 Å². The van der Waals surface area contributed by atoms with Crippen LogP contribution in [0.4, 0.5) is 0 Å². The van der Waals surface area contributed by atoms with Gasteiger partial charge in [-0.1, -0.05) is 11.6 Å². The average molecular weight is 244 g/mol. The maximum atomic E-state index is 9.99. The first-order valence-corrected chi connectivity index (χ1v) is 5.57. The molecule has 16 heavy (non-hydrogen) atoms. The van der Waals surface area contributed by atoms with E-state index in [0.717, 1.165) is 22.4 Å². The van der Waals surface area contributed by atoms with E-state index in [-0.39, 0.29) is 0 Å². The molecule has 0 amide bonds. The monoisotopic (exact) mass is 243 g/mol. The van der Waals surface area contributed by atoms with Crippen molar-refractivity contribution in [2.75, 3.05) is 20.7 Å². The Labute approximate surface area is 101 Å². The number of nitrogens with one attached hydrogen (secondary N) is 1. The molecule has 0 aromatic heterocycles. The molecule has 0 radical (unpaired) electrons. The number of aryl methyl sites for hydroxylation is 1. The topological polar surface area (TPSA) is 41.5 Å². The number of hydrogen-bond donors (Lipinski definition) is 2. The number of methoxy groups -OCH3 is 1. The lowest BCUT2D eigenvalue weighted by Crippen LogP contribution is -2.18. The van der Waals surface area contributed by atoms with Gasteiger partial charge in [-0.2, -0.15) is 0 Å². The van der Waals surface area contributed by atoms with Crippen molar-refractivity contribution in [2.24, 2.45) is 0 Å². The zero-order valence-electron chi connectivity index (χ0n) is 10.1. The van der Waals surface area contributed by atoms with E-state index < -0.39 is 6.10 Å². The van der Waals surface area contributed by atoms with E-state index >= 15 is 0 Å². The van der Waals surface area contributed by atoms with Gasteiger partial charge >= 0.3 is 0 Å². The first-order chi connectivity index (χ1) is 7.52. The second-order valence-electron chi connectivity index (χ2n) is 3.82. The van der Waals surface area contributed by atoms with Crippen molar-refractivity contribution in [2.45, 2.75) is 20.0 Å². The van der Waals surface area contributed by atoms with Crippen LogP contribution in [0.25, 0.3) is 0 Å². The Hall–Kier alpha value is -0.770. The maximum Gasteiger partial charge on any atom is 0.125 e. The third kappa shape index (κ3) is 2.48. The highest BCUT2D eigenvalue weighted by molar-refractivity contribution is 6.31. The molecule has 1 rings (SSSR count). The van der Waals surface area contributed by atoms with Crippen LogP contribution in [0, 0.1) is 13.8 Å². The summed E-state index contributed by atoms with van der Waals surface area (Å²) in [6.45, 7) is 4.31. The zero-order chi connectivity index (χ0) is 12.3. The molecule has 1 aromatic rings. The molecule has 0 aliphatic rings. The van der Waals surface area contributed by atoms with Gasteiger partial charge in [-0.05, 0) is 38.1 Å². The summed E-state index contributed by atoms with van der Waals surface area (Å²) in [7, 11) is 3.41. The predicted molar refractivity (Wildman–Crippen MR) is 66.4 cm³/mol. The first kappa shape index (κ1) is 13.3. The largest absolute Gasteiger partial charge is 0.496 e. The van der Waals surface area contributed by atoms with E-state index in [1.54, 1.807) is 14.2 Å².